The number of para-hydroxylation sites is 1. The van der Waals surface area contributed by atoms with Gasteiger partial charge in [-0.3, -0.25) is 13.9 Å². The SMILES string of the molecule is CC(=O)Nc1ccc(NC=C2C(=O)c3ccccc3N(Cc3ccc(Cl)cc3)S2(=O)=O)cc1. The zero-order valence-corrected chi connectivity index (χ0v) is 19.2. The van der Waals surface area contributed by atoms with Crippen LogP contribution < -0.4 is 14.9 Å². The number of hydrogen-bond acceptors (Lipinski definition) is 5. The van der Waals surface area contributed by atoms with Crippen LogP contribution in [0.5, 0.6) is 0 Å². The van der Waals surface area contributed by atoms with E-state index in [1.54, 1.807) is 72.8 Å². The van der Waals surface area contributed by atoms with E-state index in [-0.39, 0.29) is 17.4 Å². The van der Waals surface area contributed by atoms with Gasteiger partial charge in [-0.2, -0.15) is 0 Å². The van der Waals surface area contributed by atoms with E-state index in [1.165, 1.54) is 17.4 Å². The predicted molar refractivity (Wildman–Crippen MR) is 130 cm³/mol. The highest BCUT2D eigenvalue weighted by molar-refractivity contribution is 7.97. The number of carbonyl (C=O) groups excluding carboxylic acids is 2. The summed E-state index contributed by atoms with van der Waals surface area (Å²) in [5.74, 6) is -0.781. The number of sulfonamides is 1. The Morgan fingerprint density at radius 2 is 1.61 bits per heavy atom. The van der Waals surface area contributed by atoms with Crippen LogP contribution in [0.15, 0.2) is 83.9 Å². The summed E-state index contributed by atoms with van der Waals surface area (Å²) in [6.07, 6.45) is 1.20. The van der Waals surface area contributed by atoms with Crippen molar-refractivity contribution in [3.63, 3.8) is 0 Å². The number of anilines is 3. The van der Waals surface area contributed by atoms with Crippen LogP contribution in [0.1, 0.15) is 22.8 Å². The van der Waals surface area contributed by atoms with Gasteiger partial charge >= 0.3 is 0 Å². The maximum atomic E-state index is 13.5. The van der Waals surface area contributed by atoms with E-state index in [1.807, 2.05) is 0 Å². The standard InChI is InChI=1S/C24H20ClN3O4S/c1-16(29)27-20-12-10-19(11-13-20)26-14-23-24(30)21-4-2-3-5-22(21)28(33(23,31)32)15-17-6-8-18(25)9-7-17/h2-14,26H,15H2,1H3,(H,27,29). The molecule has 9 heteroatoms. The molecule has 2 N–H and O–H groups in total. The molecule has 0 aliphatic carbocycles. The molecule has 1 amide bonds. The fourth-order valence-electron chi connectivity index (χ4n) is 3.45. The normalized spacial score (nSPS) is 15.8. The van der Waals surface area contributed by atoms with Crippen LogP contribution >= 0.6 is 11.6 Å². The lowest BCUT2D eigenvalue weighted by Crippen LogP contribution is -2.39. The van der Waals surface area contributed by atoms with Crippen LogP contribution in [-0.2, 0) is 21.4 Å². The van der Waals surface area contributed by atoms with Crippen LogP contribution in [0.25, 0.3) is 0 Å². The molecule has 168 valence electrons. The molecule has 0 saturated carbocycles. The monoisotopic (exact) mass is 481 g/mol. The van der Waals surface area contributed by atoms with Crippen LogP contribution in [-0.4, -0.2) is 20.1 Å². The number of Topliss-reactive ketones (excluding diaryl/α,β-unsaturated/α-hetero) is 1. The number of amides is 1. The number of benzene rings is 3. The molecule has 7 nitrogen and oxygen atoms in total. The number of rotatable bonds is 5. The summed E-state index contributed by atoms with van der Waals surface area (Å²) >= 11 is 5.95. The summed E-state index contributed by atoms with van der Waals surface area (Å²) in [6, 6.07) is 20.2. The highest BCUT2D eigenvalue weighted by Crippen LogP contribution is 2.36. The molecule has 0 unspecified atom stereocenters. The van der Waals surface area contributed by atoms with Crippen molar-refractivity contribution in [3.8, 4) is 0 Å². The number of allylic oxidation sites excluding steroid dienone is 1. The van der Waals surface area contributed by atoms with Crippen molar-refractivity contribution in [2.24, 2.45) is 0 Å². The molecule has 3 aromatic carbocycles. The lowest BCUT2D eigenvalue weighted by molar-refractivity contribution is -0.114. The van der Waals surface area contributed by atoms with Crippen LogP contribution in [0.4, 0.5) is 17.1 Å². The van der Waals surface area contributed by atoms with Crippen LogP contribution in [0.3, 0.4) is 0 Å². The maximum Gasteiger partial charge on any atom is 0.270 e. The van der Waals surface area contributed by atoms with E-state index in [0.717, 1.165) is 5.56 Å². The van der Waals surface area contributed by atoms with Crippen LogP contribution in [0, 0.1) is 0 Å². The number of fused-ring (bicyclic) bond motifs is 1. The minimum Gasteiger partial charge on any atom is -0.360 e. The summed E-state index contributed by atoms with van der Waals surface area (Å²) in [4.78, 5) is 23.9. The minimum atomic E-state index is -4.14. The molecule has 3 aromatic rings. The lowest BCUT2D eigenvalue weighted by atomic mass is 10.1. The number of carbonyl (C=O) groups is 2. The molecule has 0 saturated heterocycles. The van der Waals surface area contributed by atoms with Crippen molar-refractivity contribution in [2.45, 2.75) is 13.5 Å². The molecular formula is C24H20ClN3O4S. The Hall–Kier alpha value is -3.62. The smallest absolute Gasteiger partial charge is 0.270 e. The first kappa shape index (κ1) is 22.6. The van der Waals surface area contributed by atoms with Gasteiger partial charge in [-0.05, 0) is 54.1 Å². The average molecular weight is 482 g/mol. The summed E-state index contributed by atoms with van der Waals surface area (Å²) in [5.41, 5.74) is 2.52. The molecule has 0 atom stereocenters. The van der Waals surface area contributed by atoms with Gasteiger partial charge in [0.2, 0.25) is 11.7 Å². The van der Waals surface area contributed by atoms with Gasteiger partial charge in [0.1, 0.15) is 0 Å². The number of halogens is 1. The van der Waals surface area contributed by atoms with Gasteiger partial charge in [0, 0.05) is 35.1 Å². The average Bonchev–Trinajstić information content (AvgIpc) is 2.78. The fraction of sp³-hybridized carbons (Fsp3) is 0.0833. The number of hydrogen-bond donors (Lipinski definition) is 2. The highest BCUT2D eigenvalue weighted by atomic mass is 35.5. The van der Waals surface area contributed by atoms with Crippen molar-refractivity contribution >= 4 is 50.4 Å². The van der Waals surface area contributed by atoms with E-state index in [0.29, 0.717) is 27.6 Å². The lowest BCUT2D eigenvalue weighted by Gasteiger charge is -2.31. The number of ketones is 1. The van der Waals surface area contributed by atoms with Gasteiger partial charge in [0.05, 0.1) is 12.2 Å². The Bertz CT molecular complexity index is 1350. The number of nitrogens with one attached hydrogen (secondary N) is 2. The third kappa shape index (κ3) is 4.76. The first-order valence-corrected chi connectivity index (χ1v) is 11.8. The largest absolute Gasteiger partial charge is 0.360 e. The molecule has 33 heavy (non-hydrogen) atoms. The summed E-state index contributed by atoms with van der Waals surface area (Å²) in [7, 11) is -4.14. The second kappa shape index (κ2) is 9.09. The molecule has 4 rings (SSSR count). The molecular weight excluding hydrogens is 462 g/mol. The third-order valence-corrected chi connectivity index (χ3v) is 7.04. The maximum absolute atomic E-state index is 13.5. The van der Waals surface area contributed by atoms with Crippen LogP contribution in [0.2, 0.25) is 5.02 Å². The second-order valence-electron chi connectivity index (χ2n) is 7.40. The highest BCUT2D eigenvalue weighted by Gasteiger charge is 2.40. The molecule has 0 bridgehead atoms. The van der Waals surface area contributed by atoms with Gasteiger partial charge in [-0.25, -0.2) is 8.42 Å². The Balaban J connectivity index is 1.69. The van der Waals surface area contributed by atoms with Crippen molar-refractivity contribution in [2.75, 3.05) is 14.9 Å². The summed E-state index contributed by atoms with van der Waals surface area (Å²) in [5, 5.41) is 6.09. The Labute approximate surface area is 196 Å². The van der Waals surface area contributed by atoms with Crippen molar-refractivity contribution in [1.29, 1.82) is 0 Å². The zero-order valence-electron chi connectivity index (χ0n) is 17.6. The predicted octanol–water partition coefficient (Wildman–Crippen LogP) is 4.78. The van der Waals surface area contributed by atoms with Crippen molar-refractivity contribution in [3.05, 3.63) is 100 Å². The second-order valence-corrected chi connectivity index (χ2v) is 9.66. The fourth-order valence-corrected chi connectivity index (χ4v) is 5.10. The Morgan fingerprint density at radius 1 is 0.970 bits per heavy atom. The van der Waals surface area contributed by atoms with Gasteiger partial charge in [0.15, 0.2) is 4.91 Å². The Morgan fingerprint density at radius 3 is 2.27 bits per heavy atom. The molecule has 1 aliphatic rings. The first-order valence-electron chi connectivity index (χ1n) is 10.0. The number of nitrogens with zero attached hydrogens (tertiary/aromatic N) is 1. The van der Waals surface area contributed by atoms with Gasteiger partial charge in [0.25, 0.3) is 10.0 Å². The van der Waals surface area contributed by atoms with Crippen molar-refractivity contribution in [1.82, 2.24) is 0 Å². The molecule has 0 radical (unpaired) electrons. The van der Waals surface area contributed by atoms with Crippen molar-refractivity contribution < 1.29 is 18.0 Å². The van der Waals surface area contributed by atoms with E-state index < -0.39 is 15.8 Å². The van der Waals surface area contributed by atoms with Gasteiger partial charge in [-0.1, -0.05) is 35.9 Å². The molecule has 0 aromatic heterocycles. The van der Waals surface area contributed by atoms with Gasteiger partial charge < -0.3 is 10.6 Å². The van der Waals surface area contributed by atoms with E-state index in [2.05, 4.69) is 10.6 Å². The van der Waals surface area contributed by atoms with E-state index in [4.69, 9.17) is 11.6 Å². The Kier molecular flexibility index (Phi) is 6.22. The quantitative estimate of drug-likeness (QED) is 0.511. The molecule has 0 fully saturated rings. The molecule has 0 spiro atoms. The molecule has 1 heterocycles. The van der Waals surface area contributed by atoms with E-state index in [9.17, 15) is 18.0 Å². The van der Waals surface area contributed by atoms with E-state index >= 15 is 0 Å². The summed E-state index contributed by atoms with van der Waals surface area (Å²) < 4.78 is 28.2. The topological polar surface area (TPSA) is 95.6 Å². The zero-order chi connectivity index (χ0) is 23.6. The third-order valence-electron chi connectivity index (χ3n) is 5.02. The van der Waals surface area contributed by atoms with Gasteiger partial charge in [-0.15, -0.1) is 0 Å². The minimum absolute atomic E-state index is 0.0482. The molecule has 1 aliphatic heterocycles. The summed E-state index contributed by atoms with van der Waals surface area (Å²) in [6.45, 7) is 1.45. The first-order chi connectivity index (χ1) is 15.8.